The van der Waals surface area contributed by atoms with E-state index in [1.807, 2.05) is 0 Å². The minimum atomic E-state index is -0.869. The molecule has 0 N–H and O–H groups in total. The third-order valence-corrected chi connectivity index (χ3v) is 4.17. The molecule has 2 aromatic carbocycles. The molecule has 0 heterocycles. The first-order valence-electron chi connectivity index (χ1n) is 6.74. The van der Waals surface area contributed by atoms with E-state index >= 15 is 0 Å². The van der Waals surface area contributed by atoms with Gasteiger partial charge in [0, 0.05) is 11.8 Å². The second-order valence-electron chi connectivity index (χ2n) is 4.86. The Bertz CT molecular complexity index is 605. The number of hydrogen-bond donors (Lipinski definition) is 0. The highest BCUT2D eigenvalue weighted by Gasteiger charge is 2.31. The quantitative estimate of drug-likeness (QED) is 0.684. The highest BCUT2D eigenvalue weighted by atomic mass is 35.5. The molecule has 5 heteroatoms. The number of ketones is 1. The van der Waals surface area contributed by atoms with Crippen LogP contribution in [0.4, 0.5) is 8.78 Å². The van der Waals surface area contributed by atoms with Crippen molar-refractivity contribution in [2.45, 2.75) is 11.8 Å². The predicted molar refractivity (Wildman–Crippen MR) is 84.7 cm³/mol. The molecule has 0 amide bonds. The summed E-state index contributed by atoms with van der Waals surface area (Å²) in [5.74, 6) is -3.34. The van der Waals surface area contributed by atoms with Gasteiger partial charge in [0.25, 0.3) is 0 Å². The average Bonchev–Trinajstić information content (AvgIpc) is 2.52. The van der Waals surface area contributed by atoms with Crippen molar-refractivity contribution in [3.05, 3.63) is 71.3 Å². The molecular formula is C17H14Cl2F2O. The van der Waals surface area contributed by atoms with Crippen molar-refractivity contribution in [3.8, 4) is 0 Å². The summed E-state index contributed by atoms with van der Waals surface area (Å²) in [5, 5.41) is 0. The summed E-state index contributed by atoms with van der Waals surface area (Å²) in [6.45, 7) is 0. The van der Waals surface area contributed by atoms with Crippen LogP contribution < -0.4 is 0 Å². The predicted octanol–water partition coefficient (Wildman–Crippen LogP) is 4.88. The van der Waals surface area contributed by atoms with Gasteiger partial charge in [0.1, 0.15) is 17.4 Å². The zero-order valence-corrected chi connectivity index (χ0v) is 13.1. The fourth-order valence-electron chi connectivity index (χ4n) is 2.38. The highest BCUT2D eigenvalue weighted by Crippen LogP contribution is 2.31. The molecule has 0 spiro atoms. The van der Waals surface area contributed by atoms with Gasteiger partial charge in [-0.1, -0.05) is 36.4 Å². The maximum Gasteiger partial charge on any atom is 0.150 e. The van der Waals surface area contributed by atoms with Gasteiger partial charge in [0.15, 0.2) is 0 Å². The van der Waals surface area contributed by atoms with Crippen LogP contribution in [-0.4, -0.2) is 17.5 Å². The van der Waals surface area contributed by atoms with E-state index in [0.29, 0.717) is 0 Å². The topological polar surface area (TPSA) is 17.1 Å². The summed E-state index contributed by atoms with van der Waals surface area (Å²) in [6.07, 6.45) is 0. The van der Waals surface area contributed by atoms with E-state index in [4.69, 9.17) is 23.2 Å². The van der Waals surface area contributed by atoms with Crippen molar-refractivity contribution in [2.24, 2.45) is 0 Å². The lowest BCUT2D eigenvalue weighted by Crippen LogP contribution is -2.24. The molecule has 0 aliphatic rings. The van der Waals surface area contributed by atoms with Gasteiger partial charge in [-0.2, -0.15) is 0 Å². The number of carbonyl (C=O) groups is 1. The van der Waals surface area contributed by atoms with E-state index in [1.165, 1.54) is 36.4 Å². The Morgan fingerprint density at radius 3 is 1.50 bits per heavy atom. The van der Waals surface area contributed by atoms with Crippen LogP contribution in [0.5, 0.6) is 0 Å². The van der Waals surface area contributed by atoms with E-state index in [9.17, 15) is 13.6 Å². The fraction of sp³-hybridized carbons (Fsp3) is 0.235. The van der Waals surface area contributed by atoms with Crippen LogP contribution in [0.25, 0.3) is 0 Å². The van der Waals surface area contributed by atoms with Gasteiger partial charge in [-0.05, 0) is 23.3 Å². The Balaban J connectivity index is 2.39. The Hall–Kier alpha value is -1.45. The largest absolute Gasteiger partial charge is 0.298 e. The van der Waals surface area contributed by atoms with Gasteiger partial charge >= 0.3 is 0 Å². The number of alkyl halides is 2. The van der Waals surface area contributed by atoms with Gasteiger partial charge in [-0.3, -0.25) is 4.79 Å². The first-order valence-corrected chi connectivity index (χ1v) is 7.81. The molecule has 1 nitrogen and oxygen atoms in total. The maximum atomic E-state index is 13.9. The molecule has 0 aliphatic carbocycles. The Morgan fingerprint density at radius 1 is 0.818 bits per heavy atom. The lowest BCUT2D eigenvalue weighted by molar-refractivity contribution is -0.121. The molecule has 2 rings (SSSR count). The standard InChI is InChI=1S/C17H14Cl2F2O/c18-9-13(11-5-1-3-7-15(11)20)17(22)14(10-19)12-6-2-4-8-16(12)21/h1-8,13-14H,9-10H2. The minimum Gasteiger partial charge on any atom is -0.298 e. The van der Waals surface area contributed by atoms with Crippen molar-refractivity contribution in [3.63, 3.8) is 0 Å². The molecule has 0 radical (unpaired) electrons. The monoisotopic (exact) mass is 342 g/mol. The van der Waals surface area contributed by atoms with E-state index in [0.717, 1.165) is 0 Å². The summed E-state index contributed by atoms with van der Waals surface area (Å²) in [7, 11) is 0. The van der Waals surface area contributed by atoms with Crippen molar-refractivity contribution in [2.75, 3.05) is 11.8 Å². The normalized spacial score (nSPS) is 13.6. The fourth-order valence-corrected chi connectivity index (χ4v) is 3.02. The minimum absolute atomic E-state index is 0.0956. The van der Waals surface area contributed by atoms with Gasteiger partial charge in [0.2, 0.25) is 0 Å². The van der Waals surface area contributed by atoms with E-state index in [1.54, 1.807) is 12.1 Å². The molecule has 0 fully saturated rings. The molecule has 0 saturated carbocycles. The molecule has 2 unspecified atom stereocenters. The van der Waals surface area contributed by atoms with Crippen LogP contribution in [0.15, 0.2) is 48.5 Å². The van der Waals surface area contributed by atoms with Crippen molar-refractivity contribution in [1.29, 1.82) is 0 Å². The first-order chi connectivity index (χ1) is 10.6. The molecule has 0 bridgehead atoms. The highest BCUT2D eigenvalue weighted by molar-refractivity contribution is 6.22. The molecule has 0 aromatic heterocycles. The van der Waals surface area contributed by atoms with E-state index in [2.05, 4.69) is 0 Å². The number of carbonyl (C=O) groups excluding carboxylic acids is 1. The third kappa shape index (κ3) is 3.47. The second kappa shape index (κ2) is 7.70. The summed E-state index contributed by atoms with van der Waals surface area (Å²) in [5.41, 5.74) is 0.405. The van der Waals surface area contributed by atoms with Crippen LogP contribution in [0.2, 0.25) is 0 Å². The first kappa shape index (κ1) is 16.9. The number of Topliss-reactive ketones (excluding diaryl/α,β-unsaturated/α-hetero) is 1. The lowest BCUT2D eigenvalue weighted by Gasteiger charge is -2.21. The van der Waals surface area contributed by atoms with Gasteiger partial charge in [-0.15, -0.1) is 23.2 Å². The van der Waals surface area contributed by atoms with Crippen molar-refractivity contribution in [1.82, 2.24) is 0 Å². The van der Waals surface area contributed by atoms with Crippen LogP contribution in [-0.2, 0) is 4.79 Å². The smallest absolute Gasteiger partial charge is 0.150 e. The van der Waals surface area contributed by atoms with Gasteiger partial charge in [-0.25, -0.2) is 8.78 Å². The average molecular weight is 343 g/mol. The zero-order valence-electron chi connectivity index (χ0n) is 11.6. The number of rotatable bonds is 6. The third-order valence-electron chi connectivity index (χ3n) is 3.56. The van der Waals surface area contributed by atoms with E-state index < -0.39 is 23.5 Å². The molecule has 116 valence electrons. The van der Waals surface area contributed by atoms with E-state index in [-0.39, 0.29) is 28.7 Å². The van der Waals surface area contributed by atoms with Crippen LogP contribution in [0.1, 0.15) is 23.0 Å². The maximum absolute atomic E-state index is 13.9. The zero-order chi connectivity index (χ0) is 16.1. The number of halogens is 4. The molecule has 22 heavy (non-hydrogen) atoms. The van der Waals surface area contributed by atoms with Crippen LogP contribution in [0, 0.1) is 11.6 Å². The van der Waals surface area contributed by atoms with Crippen molar-refractivity contribution >= 4 is 29.0 Å². The lowest BCUT2D eigenvalue weighted by atomic mass is 9.85. The number of hydrogen-bond acceptors (Lipinski definition) is 1. The molecule has 2 aromatic rings. The summed E-state index contributed by atoms with van der Waals surface area (Å²) in [4.78, 5) is 12.7. The molecule has 0 saturated heterocycles. The Labute approximate surface area is 137 Å². The summed E-state index contributed by atoms with van der Waals surface area (Å²) >= 11 is 11.7. The number of benzene rings is 2. The molecular weight excluding hydrogens is 329 g/mol. The Morgan fingerprint density at radius 2 is 1.18 bits per heavy atom. The van der Waals surface area contributed by atoms with Crippen LogP contribution >= 0.6 is 23.2 Å². The second-order valence-corrected chi connectivity index (χ2v) is 5.48. The van der Waals surface area contributed by atoms with Crippen LogP contribution in [0.3, 0.4) is 0 Å². The van der Waals surface area contributed by atoms with Gasteiger partial charge < -0.3 is 0 Å². The van der Waals surface area contributed by atoms with Crippen molar-refractivity contribution < 1.29 is 13.6 Å². The molecule has 2 atom stereocenters. The Kier molecular flexibility index (Phi) is 5.92. The molecule has 0 aliphatic heterocycles. The van der Waals surface area contributed by atoms with Gasteiger partial charge in [0.05, 0.1) is 11.8 Å². The summed E-state index contributed by atoms with van der Waals surface area (Å²) in [6, 6.07) is 11.9. The SMILES string of the molecule is O=C(C(CCl)c1ccccc1F)C(CCl)c1ccccc1F. The summed E-state index contributed by atoms with van der Waals surface area (Å²) < 4.78 is 27.8.